The largest absolute Gasteiger partial charge is 0.353 e. The molecular formula is C20H40N2O. The summed E-state index contributed by atoms with van der Waals surface area (Å²) in [5.41, 5.74) is 0.525. The summed E-state index contributed by atoms with van der Waals surface area (Å²) >= 11 is 0. The van der Waals surface area contributed by atoms with E-state index in [1.54, 1.807) is 0 Å². The quantitative estimate of drug-likeness (QED) is 0.813. The molecule has 1 aliphatic heterocycles. The van der Waals surface area contributed by atoms with Crippen LogP contribution in [0.5, 0.6) is 0 Å². The molecular weight excluding hydrogens is 284 g/mol. The minimum atomic E-state index is 0.319. The van der Waals surface area contributed by atoms with Crippen molar-refractivity contribution in [1.82, 2.24) is 10.2 Å². The highest BCUT2D eigenvalue weighted by atomic mass is 16.2. The number of carbonyl (C=O) groups excluding carboxylic acids is 1. The van der Waals surface area contributed by atoms with Gasteiger partial charge in [-0.25, -0.2) is 0 Å². The van der Waals surface area contributed by atoms with E-state index in [0.717, 1.165) is 18.8 Å². The Morgan fingerprint density at radius 1 is 1.04 bits per heavy atom. The van der Waals surface area contributed by atoms with E-state index in [4.69, 9.17) is 0 Å². The Kier molecular flexibility index (Phi) is 8.60. The molecule has 1 N–H and O–H groups in total. The molecule has 136 valence electrons. The molecule has 0 aromatic carbocycles. The Labute approximate surface area is 144 Å². The summed E-state index contributed by atoms with van der Waals surface area (Å²) in [5.74, 6) is 1.47. The van der Waals surface area contributed by atoms with Gasteiger partial charge in [-0.1, -0.05) is 34.6 Å². The van der Waals surface area contributed by atoms with Crippen molar-refractivity contribution in [3.63, 3.8) is 0 Å². The van der Waals surface area contributed by atoms with E-state index in [1.807, 2.05) is 27.7 Å². The number of hydrogen-bond acceptors (Lipinski definition) is 2. The van der Waals surface area contributed by atoms with Crippen LogP contribution in [-0.2, 0) is 4.79 Å². The minimum absolute atomic E-state index is 0.319. The molecule has 1 saturated heterocycles. The number of nitrogens with one attached hydrogen (secondary N) is 1. The maximum atomic E-state index is 12.3. The topological polar surface area (TPSA) is 32.3 Å². The Hall–Kier alpha value is -0.570. The lowest BCUT2D eigenvalue weighted by Crippen LogP contribution is -2.51. The zero-order chi connectivity index (χ0) is 17.5. The molecule has 3 rings (SSSR count). The molecule has 0 bridgehead atoms. The van der Waals surface area contributed by atoms with Crippen LogP contribution in [0.15, 0.2) is 0 Å². The highest BCUT2D eigenvalue weighted by Crippen LogP contribution is 2.52. The van der Waals surface area contributed by atoms with E-state index in [-0.39, 0.29) is 0 Å². The lowest BCUT2D eigenvalue weighted by Gasteiger charge is -2.51. The van der Waals surface area contributed by atoms with Gasteiger partial charge in [0.05, 0.1) is 0 Å². The number of amides is 1. The molecule has 1 spiro atoms. The minimum Gasteiger partial charge on any atom is -0.353 e. The second kappa shape index (κ2) is 9.66. The van der Waals surface area contributed by atoms with Crippen LogP contribution < -0.4 is 5.32 Å². The van der Waals surface area contributed by atoms with E-state index in [1.165, 1.54) is 45.2 Å². The van der Waals surface area contributed by atoms with Crippen molar-refractivity contribution in [2.75, 3.05) is 20.1 Å². The van der Waals surface area contributed by atoms with Gasteiger partial charge in [-0.2, -0.15) is 0 Å². The van der Waals surface area contributed by atoms with Crippen LogP contribution in [0.4, 0.5) is 0 Å². The molecule has 3 aliphatic rings. The Morgan fingerprint density at radius 3 is 2.09 bits per heavy atom. The summed E-state index contributed by atoms with van der Waals surface area (Å²) in [6.45, 7) is 12.7. The van der Waals surface area contributed by atoms with E-state index < -0.39 is 0 Å². The van der Waals surface area contributed by atoms with Crippen molar-refractivity contribution in [2.24, 2.45) is 17.3 Å². The number of nitrogens with zero attached hydrogens (tertiary/aromatic N) is 1. The number of hydrogen-bond donors (Lipinski definition) is 1. The summed E-state index contributed by atoms with van der Waals surface area (Å²) in [5, 5.41) is 3.29. The third kappa shape index (κ3) is 5.48. The van der Waals surface area contributed by atoms with Gasteiger partial charge in [0.2, 0.25) is 5.91 Å². The second-order valence-corrected chi connectivity index (χ2v) is 7.53. The molecule has 3 fully saturated rings. The molecule has 2 saturated carbocycles. The molecule has 3 nitrogen and oxygen atoms in total. The van der Waals surface area contributed by atoms with Gasteiger partial charge in [0.1, 0.15) is 0 Å². The molecule has 0 aromatic rings. The van der Waals surface area contributed by atoms with E-state index >= 15 is 0 Å². The van der Waals surface area contributed by atoms with Crippen LogP contribution in [-0.4, -0.2) is 37.0 Å². The summed E-state index contributed by atoms with van der Waals surface area (Å²) < 4.78 is 0. The Balaban J connectivity index is 0.000000615. The van der Waals surface area contributed by atoms with E-state index in [0.29, 0.717) is 23.3 Å². The van der Waals surface area contributed by atoms with Crippen molar-refractivity contribution in [3.8, 4) is 0 Å². The molecule has 0 radical (unpaired) electrons. The number of rotatable bonds is 2. The first kappa shape index (κ1) is 20.5. The van der Waals surface area contributed by atoms with Crippen molar-refractivity contribution in [1.29, 1.82) is 0 Å². The molecule has 0 aromatic heterocycles. The van der Waals surface area contributed by atoms with Crippen LogP contribution in [0.2, 0.25) is 0 Å². The van der Waals surface area contributed by atoms with Crippen LogP contribution in [0.1, 0.15) is 79.6 Å². The van der Waals surface area contributed by atoms with Crippen molar-refractivity contribution < 1.29 is 4.79 Å². The van der Waals surface area contributed by atoms with Gasteiger partial charge in [0, 0.05) is 12.0 Å². The van der Waals surface area contributed by atoms with Gasteiger partial charge < -0.3 is 10.2 Å². The molecule has 2 unspecified atom stereocenters. The maximum Gasteiger partial charge on any atom is 0.223 e. The number of likely N-dealkylation sites (tertiary alicyclic amines) is 1. The first-order valence-electron chi connectivity index (χ1n) is 10.1. The molecule has 2 aliphatic carbocycles. The Bertz CT molecular complexity index is 340. The summed E-state index contributed by atoms with van der Waals surface area (Å²) in [4.78, 5) is 14.7. The third-order valence-corrected chi connectivity index (χ3v) is 5.82. The molecule has 3 heteroatoms. The van der Waals surface area contributed by atoms with Gasteiger partial charge in [0.15, 0.2) is 0 Å². The second-order valence-electron chi connectivity index (χ2n) is 7.53. The smallest absolute Gasteiger partial charge is 0.223 e. The van der Waals surface area contributed by atoms with Crippen molar-refractivity contribution >= 4 is 5.91 Å². The summed E-state index contributed by atoms with van der Waals surface area (Å²) in [6.07, 6.45) is 8.56. The van der Waals surface area contributed by atoms with Crippen molar-refractivity contribution in [2.45, 2.75) is 85.6 Å². The fraction of sp³-hybridized carbons (Fsp3) is 0.950. The van der Waals surface area contributed by atoms with Crippen LogP contribution in [0.25, 0.3) is 0 Å². The van der Waals surface area contributed by atoms with E-state index in [2.05, 4.69) is 24.2 Å². The summed E-state index contributed by atoms with van der Waals surface area (Å²) in [6, 6.07) is 0.469. The standard InChI is InChI=1S/C16H28N2O.2C2H6/c1-12-3-4-14(9-12)17-15(19)13-10-16(11-13)5-7-18(2)8-6-16;2*1-2/h12-14H,3-11H2,1-2H3,(H,17,19);2*1-2H3. The van der Waals surface area contributed by atoms with Gasteiger partial charge >= 0.3 is 0 Å². The van der Waals surface area contributed by atoms with Gasteiger partial charge in [0.25, 0.3) is 0 Å². The fourth-order valence-electron chi connectivity index (χ4n) is 4.33. The first-order valence-corrected chi connectivity index (χ1v) is 10.1. The lowest BCUT2D eigenvalue weighted by atomic mass is 9.57. The summed E-state index contributed by atoms with van der Waals surface area (Å²) in [7, 11) is 2.21. The molecule has 23 heavy (non-hydrogen) atoms. The van der Waals surface area contributed by atoms with Crippen LogP contribution in [0, 0.1) is 17.3 Å². The molecule has 1 heterocycles. The van der Waals surface area contributed by atoms with E-state index in [9.17, 15) is 4.79 Å². The monoisotopic (exact) mass is 324 g/mol. The molecule has 2 atom stereocenters. The maximum absolute atomic E-state index is 12.3. The fourth-order valence-corrected chi connectivity index (χ4v) is 4.33. The van der Waals surface area contributed by atoms with Crippen molar-refractivity contribution in [3.05, 3.63) is 0 Å². The SMILES string of the molecule is CC.CC.CC1CCC(NC(=O)C2CC3(CCN(C)CC3)C2)C1. The zero-order valence-electron chi connectivity index (χ0n) is 16.5. The van der Waals surface area contributed by atoms with Gasteiger partial charge in [-0.15, -0.1) is 0 Å². The predicted molar refractivity (Wildman–Crippen MR) is 99.5 cm³/mol. The Morgan fingerprint density at radius 2 is 1.61 bits per heavy atom. The molecule has 1 amide bonds. The normalized spacial score (nSPS) is 29.7. The number of carbonyl (C=O) groups is 1. The average Bonchev–Trinajstić information content (AvgIpc) is 2.95. The third-order valence-electron chi connectivity index (χ3n) is 5.82. The van der Waals surface area contributed by atoms with Crippen LogP contribution in [0.3, 0.4) is 0 Å². The zero-order valence-corrected chi connectivity index (χ0v) is 16.5. The highest BCUT2D eigenvalue weighted by Gasteiger charge is 2.48. The van der Waals surface area contributed by atoms with Gasteiger partial charge in [-0.05, 0) is 76.4 Å². The predicted octanol–water partition coefficient (Wildman–Crippen LogP) is 4.47. The van der Waals surface area contributed by atoms with Crippen LogP contribution >= 0.6 is 0 Å². The average molecular weight is 325 g/mol. The highest BCUT2D eigenvalue weighted by molar-refractivity contribution is 5.80. The first-order chi connectivity index (χ1) is 11.1. The lowest BCUT2D eigenvalue weighted by molar-refractivity contribution is -0.135. The van der Waals surface area contributed by atoms with Gasteiger partial charge in [-0.3, -0.25) is 4.79 Å². The number of piperidine rings is 1.